The molecular formula is C18H29N3O13. The number of carboxylic acid groups (broad SMARTS) is 1. The molecule has 9 N–H and O–H groups in total. The second kappa shape index (κ2) is 11.8. The van der Waals surface area contributed by atoms with Crippen LogP contribution in [0.3, 0.4) is 0 Å². The molecule has 34 heavy (non-hydrogen) atoms. The molecule has 2 heterocycles. The molecule has 2 rings (SSSR count). The quantitative estimate of drug-likeness (QED) is 0.152. The Morgan fingerprint density at radius 1 is 0.882 bits per heavy atom. The van der Waals surface area contributed by atoms with Crippen LogP contribution in [-0.2, 0) is 33.4 Å². The zero-order chi connectivity index (χ0) is 25.7. The van der Waals surface area contributed by atoms with Gasteiger partial charge in [-0.1, -0.05) is 0 Å². The van der Waals surface area contributed by atoms with Gasteiger partial charge in [-0.2, -0.15) is 0 Å². The number of amides is 3. The molecule has 2 aliphatic rings. The molecule has 16 heteroatoms. The second-order valence-electron chi connectivity index (χ2n) is 7.81. The Bertz CT molecular complexity index is 767. The average Bonchev–Trinajstić information content (AvgIpc) is 2.75. The molecule has 0 aromatic rings. The van der Waals surface area contributed by atoms with Crippen LogP contribution >= 0.6 is 0 Å². The van der Waals surface area contributed by atoms with Crippen molar-refractivity contribution in [1.29, 1.82) is 0 Å². The van der Waals surface area contributed by atoms with E-state index in [-0.39, 0.29) is 0 Å². The van der Waals surface area contributed by atoms with Crippen molar-refractivity contribution in [3.8, 4) is 0 Å². The minimum Gasteiger partial charge on any atom is -0.480 e. The van der Waals surface area contributed by atoms with E-state index in [1.165, 1.54) is 0 Å². The van der Waals surface area contributed by atoms with Crippen LogP contribution in [0.1, 0.15) is 13.8 Å². The van der Waals surface area contributed by atoms with Gasteiger partial charge in [0.05, 0.1) is 6.61 Å². The van der Waals surface area contributed by atoms with E-state index in [2.05, 4.69) is 10.6 Å². The van der Waals surface area contributed by atoms with E-state index in [1.807, 2.05) is 5.32 Å². The molecular weight excluding hydrogens is 466 g/mol. The molecule has 16 nitrogen and oxygen atoms in total. The highest BCUT2D eigenvalue weighted by atomic mass is 16.7. The van der Waals surface area contributed by atoms with Crippen LogP contribution in [0, 0.1) is 0 Å². The Morgan fingerprint density at radius 3 is 2.00 bits per heavy atom. The van der Waals surface area contributed by atoms with E-state index in [1.54, 1.807) is 0 Å². The molecule has 0 bridgehead atoms. The molecule has 2 saturated heterocycles. The highest BCUT2D eigenvalue weighted by Gasteiger charge is 2.52. The van der Waals surface area contributed by atoms with E-state index in [4.69, 9.17) is 19.3 Å². The summed E-state index contributed by atoms with van der Waals surface area (Å²) in [6.45, 7) is 0.605. The zero-order valence-corrected chi connectivity index (χ0v) is 18.2. The number of aliphatic hydroxyl groups is 5. The fourth-order valence-corrected chi connectivity index (χ4v) is 3.64. The van der Waals surface area contributed by atoms with Crippen LogP contribution in [0.25, 0.3) is 0 Å². The summed E-state index contributed by atoms with van der Waals surface area (Å²) < 4.78 is 16.2. The SMILES string of the molecule is CC(=O)N[C@@H]1[C@H](O[C@H]2[C@H](O)[C@@H](CO)O[C@@H](O)[C@@H]2NC(C)=O)O[C@@H](C(=O)NCC(=O)O)[C@@H](O)[C@@H]1O. The average molecular weight is 495 g/mol. The molecule has 0 radical (unpaired) electrons. The van der Waals surface area contributed by atoms with Crippen molar-refractivity contribution in [2.75, 3.05) is 13.2 Å². The summed E-state index contributed by atoms with van der Waals surface area (Å²) in [7, 11) is 0. The molecule has 2 fully saturated rings. The standard InChI is InChI=1S/C18H29N3O13/c1-5(23)20-9-12(28)13(29)15(16(30)19-3-8(25)26)34-18(9)33-14-10(21-6(2)24)17(31)32-7(4-22)11(14)27/h7,9-15,17-18,22,27-29,31H,3-4H2,1-2H3,(H,19,30)(H,20,23)(H,21,24)(H,25,26)/t7-,9+,10-,11-,12-,13+,14-,15-,17-,18-/m1/s1. The number of carboxylic acids is 1. The van der Waals surface area contributed by atoms with E-state index >= 15 is 0 Å². The number of aliphatic carboxylic acids is 1. The van der Waals surface area contributed by atoms with Gasteiger partial charge in [-0.15, -0.1) is 0 Å². The van der Waals surface area contributed by atoms with Gasteiger partial charge in [-0.05, 0) is 0 Å². The van der Waals surface area contributed by atoms with Crippen molar-refractivity contribution in [2.45, 2.75) is 75.1 Å². The Morgan fingerprint density at radius 2 is 1.47 bits per heavy atom. The number of ether oxygens (including phenoxy) is 3. The largest absolute Gasteiger partial charge is 0.480 e. The normalized spacial score (nSPS) is 38.0. The van der Waals surface area contributed by atoms with Crippen molar-refractivity contribution in [2.24, 2.45) is 0 Å². The summed E-state index contributed by atoms with van der Waals surface area (Å²) in [5, 5.41) is 66.5. The van der Waals surface area contributed by atoms with Gasteiger partial charge < -0.3 is 60.8 Å². The van der Waals surface area contributed by atoms with Crippen molar-refractivity contribution < 1.29 is 64.0 Å². The Hall–Kier alpha value is -2.44. The third kappa shape index (κ3) is 6.57. The third-order valence-corrected chi connectivity index (χ3v) is 5.18. The van der Waals surface area contributed by atoms with E-state index in [0.717, 1.165) is 13.8 Å². The Labute approximate surface area is 192 Å². The van der Waals surface area contributed by atoms with Crippen LogP contribution < -0.4 is 16.0 Å². The van der Waals surface area contributed by atoms with Gasteiger partial charge >= 0.3 is 5.97 Å². The lowest BCUT2D eigenvalue weighted by Crippen LogP contribution is -2.70. The number of nitrogens with one attached hydrogen (secondary N) is 3. The molecule has 194 valence electrons. The number of hydrogen-bond donors (Lipinski definition) is 9. The van der Waals surface area contributed by atoms with Crippen molar-refractivity contribution in [1.82, 2.24) is 16.0 Å². The van der Waals surface area contributed by atoms with Gasteiger partial charge in [0, 0.05) is 13.8 Å². The predicted octanol–water partition coefficient (Wildman–Crippen LogP) is -5.90. The molecule has 10 atom stereocenters. The van der Waals surface area contributed by atoms with Crippen LogP contribution in [-0.4, -0.2) is 129 Å². The van der Waals surface area contributed by atoms with Gasteiger partial charge in [0.2, 0.25) is 11.8 Å². The van der Waals surface area contributed by atoms with Crippen LogP contribution in [0.5, 0.6) is 0 Å². The van der Waals surface area contributed by atoms with Gasteiger partial charge in [0.25, 0.3) is 5.91 Å². The highest BCUT2D eigenvalue weighted by molar-refractivity contribution is 5.85. The molecule has 3 amide bonds. The molecule has 0 aliphatic carbocycles. The molecule has 0 spiro atoms. The van der Waals surface area contributed by atoms with Gasteiger partial charge in [0.15, 0.2) is 18.7 Å². The highest BCUT2D eigenvalue weighted by Crippen LogP contribution is 2.29. The number of carbonyl (C=O) groups is 4. The lowest BCUT2D eigenvalue weighted by molar-refractivity contribution is -0.318. The third-order valence-electron chi connectivity index (χ3n) is 5.18. The summed E-state index contributed by atoms with van der Waals surface area (Å²) >= 11 is 0. The molecule has 0 aromatic carbocycles. The molecule has 2 aliphatic heterocycles. The van der Waals surface area contributed by atoms with Gasteiger partial charge in [-0.3, -0.25) is 19.2 Å². The first-order chi connectivity index (χ1) is 15.9. The summed E-state index contributed by atoms with van der Waals surface area (Å²) in [4.78, 5) is 46.3. The maximum Gasteiger partial charge on any atom is 0.322 e. The van der Waals surface area contributed by atoms with Crippen LogP contribution in [0.15, 0.2) is 0 Å². The van der Waals surface area contributed by atoms with Crippen molar-refractivity contribution >= 4 is 23.7 Å². The first kappa shape index (κ1) is 27.8. The Balaban J connectivity index is 2.36. The first-order valence-corrected chi connectivity index (χ1v) is 10.2. The van der Waals surface area contributed by atoms with E-state index < -0.39 is 98.1 Å². The summed E-state index contributed by atoms with van der Waals surface area (Å²) in [5.74, 6) is -3.86. The van der Waals surface area contributed by atoms with E-state index in [9.17, 15) is 44.7 Å². The Kier molecular flexibility index (Phi) is 9.65. The number of rotatable bonds is 8. The molecule has 0 unspecified atom stereocenters. The van der Waals surface area contributed by atoms with Gasteiger partial charge in [-0.25, -0.2) is 0 Å². The number of carbonyl (C=O) groups excluding carboxylic acids is 3. The molecule has 0 saturated carbocycles. The minimum absolute atomic E-state index is 0.653. The second-order valence-corrected chi connectivity index (χ2v) is 7.81. The monoisotopic (exact) mass is 495 g/mol. The van der Waals surface area contributed by atoms with Crippen molar-refractivity contribution in [3.63, 3.8) is 0 Å². The van der Waals surface area contributed by atoms with Crippen LogP contribution in [0.4, 0.5) is 0 Å². The number of hydrogen-bond acceptors (Lipinski definition) is 12. The maximum absolute atomic E-state index is 12.3. The zero-order valence-electron chi connectivity index (χ0n) is 18.2. The lowest BCUT2D eigenvalue weighted by Gasteiger charge is -2.47. The molecule has 0 aromatic heterocycles. The summed E-state index contributed by atoms with van der Waals surface area (Å²) in [6.07, 6.45) is -13.8. The summed E-state index contributed by atoms with van der Waals surface area (Å²) in [6, 6.07) is -2.92. The van der Waals surface area contributed by atoms with Crippen molar-refractivity contribution in [3.05, 3.63) is 0 Å². The topological polar surface area (TPSA) is 253 Å². The van der Waals surface area contributed by atoms with Crippen LogP contribution in [0.2, 0.25) is 0 Å². The smallest absolute Gasteiger partial charge is 0.322 e. The predicted molar refractivity (Wildman–Crippen MR) is 105 cm³/mol. The first-order valence-electron chi connectivity index (χ1n) is 10.2. The number of aliphatic hydroxyl groups excluding tert-OH is 5. The van der Waals surface area contributed by atoms with Gasteiger partial charge in [0.1, 0.15) is 49.1 Å². The maximum atomic E-state index is 12.3. The lowest BCUT2D eigenvalue weighted by atomic mass is 9.94. The van der Waals surface area contributed by atoms with E-state index in [0.29, 0.717) is 0 Å². The fraction of sp³-hybridized carbons (Fsp3) is 0.778. The fourth-order valence-electron chi connectivity index (χ4n) is 3.64. The summed E-state index contributed by atoms with van der Waals surface area (Å²) in [5.41, 5.74) is 0. The minimum atomic E-state index is -1.92.